The fraction of sp³-hybridized carbons (Fsp3) is 0.227. The van der Waals surface area contributed by atoms with Crippen LogP contribution in [0.2, 0.25) is 0 Å². The normalized spacial score (nSPS) is 15.5. The lowest BCUT2D eigenvalue weighted by Gasteiger charge is -2.13. The predicted octanol–water partition coefficient (Wildman–Crippen LogP) is 1.79. The number of fused-ring (bicyclic) bond motifs is 1. The monoisotopic (exact) mass is 406 g/mol. The van der Waals surface area contributed by atoms with Crippen LogP contribution in [0.15, 0.2) is 48.5 Å². The number of likely N-dealkylation sites (tertiary alicyclic amines) is 1. The van der Waals surface area contributed by atoms with Gasteiger partial charge in [0, 0.05) is 13.0 Å². The first-order chi connectivity index (χ1) is 14.5. The maximum atomic E-state index is 12.7. The number of esters is 1. The highest BCUT2D eigenvalue weighted by Crippen LogP contribution is 2.26. The van der Waals surface area contributed by atoms with Gasteiger partial charge in [0.15, 0.2) is 6.61 Å². The van der Waals surface area contributed by atoms with Crippen molar-refractivity contribution >= 4 is 29.6 Å². The average Bonchev–Trinajstić information content (AvgIpc) is 3.29. The van der Waals surface area contributed by atoms with Crippen LogP contribution in [0.1, 0.15) is 49.5 Å². The summed E-state index contributed by atoms with van der Waals surface area (Å²) in [6.07, 6.45) is 0.902. The van der Waals surface area contributed by atoms with E-state index in [4.69, 9.17) is 4.74 Å². The van der Waals surface area contributed by atoms with Gasteiger partial charge in [0.1, 0.15) is 0 Å². The Balaban J connectivity index is 1.45. The second-order valence-corrected chi connectivity index (χ2v) is 7.06. The molecule has 0 aromatic heterocycles. The van der Waals surface area contributed by atoms with Crippen molar-refractivity contribution in [3.8, 4) is 0 Å². The summed E-state index contributed by atoms with van der Waals surface area (Å²) < 4.78 is 5.00. The van der Waals surface area contributed by atoms with Crippen LogP contribution in [0.25, 0.3) is 0 Å². The van der Waals surface area contributed by atoms with Crippen LogP contribution < -0.4 is 0 Å². The minimum absolute atomic E-state index is 0.0528. The van der Waals surface area contributed by atoms with E-state index >= 15 is 0 Å². The minimum atomic E-state index is -0.806. The number of nitrogens with zero attached hydrogens (tertiary/aromatic N) is 2. The van der Waals surface area contributed by atoms with Crippen LogP contribution in [0, 0.1) is 0 Å². The van der Waals surface area contributed by atoms with Gasteiger partial charge >= 0.3 is 5.97 Å². The second-order valence-electron chi connectivity index (χ2n) is 7.06. The van der Waals surface area contributed by atoms with Gasteiger partial charge in [-0.3, -0.25) is 29.0 Å². The molecule has 0 bridgehead atoms. The van der Waals surface area contributed by atoms with Gasteiger partial charge in [0.05, 0.1) is 23.2 Å². The zero-order valence-corrected chi connectivity index (χ0v) is 16.0. The van der Waals surface area contributed by atoms with Gasteiger partial charge < -0.3 is 4.74 Å². The van der Waals surface area contributed by atoms with E-state index in [1.807, 2.05) is 30.3 Å². The topological polar surface area (TPSA) is 101 Å². The molecule has 0 radical (unpaired) electrons. The molecule has 30 heavy (non-hydrogen) atoms. The Morgan fingerprint density at radius 2 is 1.67 bits per heavy atom. The molecule has 0 aliphatic carbocycles. The lowest BCUT2D eigenvalue weighted by Crippen LogP contribution is -2.35. The number of carbonyl (C=O) groups is 5. The molecule has 4 amide bonds. The Morgan fingerprint density at radius 3 is 2.37 bits per heavy atom. The molecule has 0 spiro atoms. The smallest absolute Gasteiger partial charge is 0.338 e. The largest absolute Gasteiger partial charge is 0.452 e. The van der Waals surface area contributed by atoms with Gasteiger partial charge in [-0.2, -0.15) is 0 Å². The zero-order chi connectivity index (χ0) is 21.3. The number of ether oxygens (including phenoxy) is 1. The fourth-order valence-corrected chi connectivity index (χ4v) is 3.53. The molecule has 8 heteroatoms. The summed E-state index contributed by atoms with van der Waals surface area (Å²) in [7, 11) is 0. The van der Waals surface area contributed by atoms with E-state index in [0.717, 1.165) is 15.4 Å². The first-order valence-corrected chi connectivity index (χ1v) is 9.50. The minimum Gasteiger partial charge on any atom is -0.452 e. The molecule has 2 aliphatic heterocycles. The highest BCUT2D eigenvalue weighted by molar-refractivity contribution is 6.21. The molecule has 0 saturated carbocycles. The lowest BCUT2D eigenvalue weighted by atomic mass is 10.1. The fourth-order valence-electron chi connectivity index (χ4n) is 3.53. The Labute approximate surface area is 172 Å². The highest BCUT2D eigenvalue weighted by atomic mass is 16.5. The van der Waals surface area contributed by atoms with Crippen molar-refractivity contribution in [1.29, 1.82) is 0 Å². The summed E-state index contributed by atoms with van der Waals surface area (Å²) in [5.41, 5.74) is 1.19. The summed E-state index contributed by atoms with van der Waals surface area (Å²) in [4.78, 5) is 63.4. The number of hydrogen-bond donors (Lipinski definition) is 0. The summed E-state index contributed by atoms with van der Waals surface area (Å²) >= 11 is 0. The molecular weight excluding hydrogens is 388 g/mol. The Bertz CT molecular complexity index is 1060. The summed E-state index contributed by atoms with van der Waals surface area (Å²) in [6, 6.07) is 13.2. The Morgan fingerprint density at radius 1 is 0.933 bits per heavy atom. The van der Waals surface area contributed by atoms with Gasteiger partial charge in [-0.15, -0.1) is 0 Å². The molecule has 2 aromatic carbocycles. The number of carbonyl (C=O) groups excluding carboxylic acids is 5. The van der Waals surface area contributed by atoms with Gasteiger partial charge in [0.25, 0.3) is 17.7 Å². The highest BCUT2D eigenvalue weighted by Gasteiger charge is 2.36. The van der Waals surface area contributed by atoms with Crippen LogP contribution in [-0.2, 0) is 20.9 Å². The van der Waals surface area contributed by atoms with Crippen molar-refractivity contribution in [1.82, 2.24) is 9.80 Å². The van der Waals surface area contributed by atoms with Gasteiger partial charge in [-0.25, -0.2) is 4.79 Å². The number of amides is 4. The molecule has 4 rings (SSSR count). The number of rotatable bonds is 5. The molecule has 152 valence electrons. The molecule has 2 aromatic rings. The van der Waals surface area contributed by atoms with Crippen molar-refractivity contribution in [2.45, 2.75) is 19.4 Å². The average molecular weight is 406 g/mol. The van der Waals surface area contributed by atoms with E-state index in [1.54, 1.807) is 0 Å². The van der Waals surface area contributed by atoms with Crippen LogP contribution in [0.4, 0.5) is 0 Å². The number of hydrogen-bond acceptors (Lipinski definition) is 6. The van der Waals surface area contributed by atoms with Crippen LogP contribution in [0.5, 0.6) is 0 Å². The zero-order valence-electron chi connectivity index (χ0n) is 16.0. The van der Waals surface area contributed by atoms with E-state index in [2.05, 4.69) is 0 Å². The molecule has 1 fully saturated rings. The van der Waals surface area contributed by atoms with E-state index < -0.39 is 30.3 Å². The quantitative estimate of drug-likeness (QED) is 0.554. The summed E-state index contributed by atoms with van der Waals surface area (Å²) in [5.74, 6) is -2.59. The Hall–Kier alpha value is -3.81. The van der Waals surface area contributed by atoms with Gasteiger partial charge in [0.2, 0.25) is 5.91 Å². The molecular formula is C22H18N2O6. The van der Waals surface area contributed by atoms with Crippen molar-refractivity contribution in [3.05, 3.63) is 70.8 Å². The van der Waals surface area contributed by atoms with Gasteiger partial charge in [-0.1, -0.05) is 30.3 Å². The molecule has 2 heterocycles. The third-order valence-electron chi connectivity index (χ3n) is 5.09. The third-order valence-corrected chi connectivity index (χ3v) is 5.09. The van der Waals surface area contributed by atoms with E-state index in [9.17, 15) is 24.0 Å². The van der Waals surface area contributed by atoms with Crippen LogP contribution >= 0.6 is 0 Å². The summed E-state index contributed by atoms with van der Waals surface area (Å²) in [6.45, 7) is -0.109. The van der Waals surface area contributed by atoms with E-state index in [0.29, 0.717) is 19.4 Å². The maximum Gasteiger partial charge on any atom is 0.338 e. The van der Waals surface area contributed by atoms with E-state index in [1.165, 1.54) is 18.2 Å². The standard InChI is InChI=1S/C22H18N2O6/c25-18-7-4-10-23(18)19(26)13-30-22(29)15-8-9-16-17(11-15)21(28)24(20(16)27)12-14-5-2-1-3-6-14/h1-3,5-6,8-9,11H,4,7,10,12-13H2. The number of imide groups is 2. The maximum absolute atomic E-state index is 12.7. The van der Waals surface area contributed by atoms with Crippen molar-refractivity contribution in [2.75, 3.05) is 13.2 Å². The molecule has 8 nitrogen and oxygen atoms in total. The van der Waals surface area contributed by atoms with Gasteiger partial charge in [-0.05, 0) is 30.2 Å². The first kappa shape index (κ1) is 19.5. The van der Waals surface area contributed by atoms with Crippen molar-refractivity contribution in [3.63, 3.8) is 0 Å². The van der Waals surface area contributed by atoms with Crippen molar-refractivity contribution < 1.29 is 28.7 Å². The van der Waals surface area contributed by atoms with Crippen LogP contribution in [0.3, 0.4) is 0 Å². The first-order valence-electron chi connectivity index (χ1n) is 9.50. The molecule has 0 atom stereocenters. The van der Waals surface area contributed by atoms with Crippen molar-refractivity contribution in [2.24, 2.45) is 0 Å². The molecule has 0 unspecified atom stereocenters. The molecule has 2 aliphatic rings. The lowest BCUT2D eigenvalue weighted by molar-refractivity contribution is -0.143. The third kappa shape index (κ3) is 3.59. The predicted molar refractivity (Wildman–Crippen MR) is 103 cm³/mol. The van der Waals surface area contributed by atoms with E-state index in [-0.39, 0.29) is 29.1 Å². The Kier molecular flexibility index (Phi) is 5.14. The summed E-state index contributed by atoms with van der Waals surface area (Å²) in [5, 5.41) is 0. The number of benzene rings is 2. The second kappa shape index (κ2) is 7.90. The molecule has 1 saturated heterocycles. The van der Waals surface area contributed by atoms with Crippen LogP contribution in [-0.4, -0.2) is 52.5 Å². The SMILES string of the molecule is O=C(OCC(=O)N1CCCC1=O)c1ccc2c(c1)C(=O)N(Cc1ccccc1)C2=O. The molecule has 0 N–H and O–H groups in total.